The van der Waals surface area contributed by atoms with E-state index in [0.29, 0.717) is 13.0 Å². The number of amides is 1. The second kappa shape index (κ2) is 6.49. The molecule has 1 unspecified atom stereocenters. The van der Waals surface area contributed by atoms with Gasteiger partial charge in [-0.05, 0) is 48.6 Å². The third-order valence-corrected chi connectivity index (χ3v) is 4.67. The zero-order valence-corrected chi connectivity index (χ0v) is 13.9. The monoisotopic (exact) mass is 313 g/mol. The highest BCUT2D eigenvalue weighted by Crippen LogP contribution is 2.46. The first-order chi connectivity index (χ1) is 11.2. The van der Waals surface area contributed by atoms with Crippen LogP contribution in [0.3, 0.4) is 0 Å². The van der Waals surface area contributed by atoms with Gasteiger partial charge in [0.15, 0.2) is 0 Å². The van der Waals surface area contributed by atoms with Gasteiger partial charge in [-0.15, -0.1) is 0 Å². The Kier molecular flexibility index (Phi) is 4.42. The van der Waals surface area contributed by atoms with Crippen molar-refractivity contribution in [2.75, 3.05) is 20.8 Å². The van der Waals surface area contributed by atoms with E-state index in [1.165, 1.54) is 11.1 Å². The highest BCUT2D eigenvalue weighted by molar-refractivity contribution is 5.84. The van der Waals surface area contributed by atoms with E-state index in [4.69, 9.17) is 9.47 Å². The molecular formula is C19H23NO3. The third kappa shape index (κ3) is 2.74. The van der Waals surface area contributed by atoms with Crippen LogP contribution in [-0.2, 0) is 14.3 Å². The van der Waals surface area contributed by atoms with Crippen LogP contribution in [-0.4, -0.2) is 26.7 Å². The van der Waals surface area contributed by atoms with Crippen LogP contribution >= 0.6 is 0 Å². The minimum atomic E-state index is -0.0906. The molecule has 3 rings (SSSR count). The summed E-state index contributed by atoms with van der Waals surface area (Å²) in [5.41, 5.74) is 4.64. The number of methoxy groups -OCH3 is 2. The maximum Gasteiger partial charge on any atom is 0.227 e. The van der Waals surface area contributed by atoms with Gasteiger partial charge in [-0.1, -0.05) is 12.2 Å². The van der Waals surface area contributed by atoms with E-state index in [0.717, 1.165) is 35.5 Å². The average molecular weight is 313 g/mol. The average Bonchev–Trinajstić information content (AvgIpc) is 2.75. The number of allylic oxidation sites excluding steroid dienone is 8. The highest BCUT2D eigenvalue weighted by atomic mass is 16.5. The molecule has 3 aliphatic carbocycles. The van der Waals surface area contributed by atoms with Crippen molar-refractivity contribution in [2.45, 2.75) is 26.2 Å². The second-order valence-corrected chi connectivity index (χ2v) is 5.91. The van der Waals surface area contributed by atoms with Crippen LogP contribution in [0.2, 0.25) is 0 Å². The first kappa shape index (κ1) is 15.7. The van der Waals surface area contributed by atoms with Crippen molar-refractivity contribution in [3.05, 3.63) is 58.1 Å². The molecule has 1 N–H and O–H groups in total. The topological polar surface area (TPSA) is 47.6 Å². The van der Waals surface area contributed by atoms with Gasteiger partial charge in [0.05, 0.1) is 20.1 Å². The Labute approximate surface area is 137 Å². The molecule has 0 bridgehead atoms. The Morgan fingerprint density at radius 1 is 1.35 bits per heavy atom. The number of carbonyl (C=O) groups excluding carboxylic acids is 1. The molecule has 0 aromatic heterocycles. The lowest BCUT2D eigenvalue weighted by Crippen LogP contribution is -2.34. The van der Waals surface area contributed by atoms with Gasteiger partial charge in [0.2, 0.25) is 5.91 Å². The number of hydrogen-bond acceptors (Lipinski definition) is 3. The van der Waals surface area contributed by atoms with Crippen molar-refractivity contribution in [1.29, 1.82) is 0 Å². The van der Waals surface area contributed by atoms with Crippen molar-refractivity contribution < 1.29 is 14.3 Å². The Bertz CT molecular complexity index is 677. The second-order valence-electron chi connectivity index (χ2n) is 5.91. The molecule has 0 aliphatic heterocycles. The van der Waals surface area contributed by atoms with Crippen molar-refractivity contribution in [1.82, 2.24) is 5.32 Å². The molecule has 0 fully saturated rings. The van der Waals surface area contributed by atoms with Crippen LogP contribution in [0, 0.1) is 5.92 Å². The Hall–Kier alpha value is -2.23. The quantitative estimate of drug-likeness (QED) is 0.867. The molecule has 4 nitrogen and oxygen atoms in total. The summed E-state index contributed by atoms with van der Waals surface area (Å²) >= 11 is 0. The lowest BCUT2D eigenvalue weighted by molar-refractivity contribution is -0.124. The van der Waals surface area contributed by atoms with Crippen molar-refractivity contribution in [3.8, 4) is 0 Å². The summed E-state index contributed by atoms with van der Waals surface area (Å²) in [5.74, 6) is 1.82. The van der Waals surface area contributed by atoms with Gasteiger partial charge in [-0.3, -0.25) is 4.79 Å². The fourth-order valence-electron chi connectivity index (χ4n) is 3.64. The lowest BCUT2D eigenvalue weighted by Gasteiger charge is -2.33. The molecule has 4 heteroatoms. The molecule has 122 valence electrons. The zero-order valence-electron chi connectivity index (χ0n) is 13.9. The highest BCUT2D eigenvalue weighted by Gasteiger charge is 2.36. The molecule has 0 aromatic carbocycles. The molecule has 1 atom stereocenters. The molecule has 0 saturated heterocycles. The Balaban J connectivity index is 2.13. The number of ether oxygens (including phenoxy) is 2. The standard InChI is InChI=1S/C19H23NO3/c1-4-20-19(21)14-8-9-15-17(23-3)7-5-6-12-10-13(22-2)11-16(14)18(12)15/h5-7,10,14H,4,8-9,11H2,1-3H3,(H,20,21). The molecule has 3 aliphatic rings. The van der Waals surface area contributed by atoms with Gasteiger partial charge in [-0.2, -0.15) is 0 Å². The predicted molar refractivity (Wildman–Crippen MR) is 89.4 cm³/mol. The maximum atomic E-state index is 12.5. The molecular weight excluding hydrogens is 290 g/mol. The van der Waals surface area contributed by atoms with Crippen LogP contribution in [0.4, 0.5) is 0 Å². The summed E-state index contributed by atoms with van der Waals surface area (Å²) in [6.07, 6.45) is 10.5. The van der Waals surface area contributed by atoms with Gasteiger partial charge in [-0.25, -0.2) is 0 Å². The van der Waals surface area contributed by atoms with Crippen molar-refractivity contribution >= 4 is 5.91 Å². The normalized spacial score (nSPS) is 22.8. The molecule has 1 amide bonds. The van der Waals surface area contributed by atoms with E-state index in [1.807, 2.05) is 19.1 Å². The van der Waals surface area contributed by atoms with E-state index in [9.17, 15) is 4.79 Å². The number of hydrogen-bond donors (Lipinski definition) is 1. The summed E-state index contributed by atoms with van der Waals surface area (Å²) in [5, 5.41) is 2.97. The van der Waals surface area contributed by atoms with Gasteiger partial charge in [0, 0.05) is 18.5 Å². The van der Waals surface area contributed by atoms with Gasteiger partial charge >= 0.3 is 0 Å². The van der Waals surface area contributed by atoms with Crippen molar-refractivity contribution in [2.24, 2.45) is 5.92 Å². The Morgan fingerprint density at radius 2 is 2.17 bits per heavy atom. The summed E-state index contributed by atoms with van der Waals surface area (Å²) in [7, 11) is 3.39. The Morgan fingerprint density at radius 3 is 2.87 bits per heavy atom. The lowest BCUT2D eigenvalue weighted by atomic mass is 9.72. The van der Waals surface area contributed by atoms with Gasteiger partial charge < -0.3 is 14.8 Å². The third-order valence-electron chi connectivity index (χ3n) is 4.67. The summed E-state index contributed by atoms with van der Waals surface area (Å²) in [4.78, 5) is 12.5. The van der Waals surface area contributed by atoms with Gasteiger partial charge in [0.25, 0.3) is 0 Å². The smallest absolute Gasteiger partial charge is 0.227 e. The summed E-state index contributed by atoms with van der Waals surface area (Å²) in [6.45, 7) is 2.61. The van der Waals surface area contributed by atoms with Crippen LogP contribution in [0.5, 0.6) is 0 Å². The number of rotatable bonds is 4. The van der Waals surface area contributed by atoms with Gasteiger partial charge in [0.1, 0.15) is 11.5 Å². The van der Waals surface area contributed by atoms with Crippen LogP contribution in [0.1, 0.15) is 26.2 Å². The first-order valence-corrected chi connectivity index (χ1v) is 8.11. The summed E-state index contributed by atoms with van der Waals surface area (Å²) < 4.78 is 11.1. The molecule has 0 saturated carbocycles. The minimum absolute atomic E-state index is 0.0906. The van der Waals surface area contributed by atoms with Crippen LogP contribution < -0.4 is 5.32 Å². The largest absolute Gasteiger partial charge is 0.501 e. The van der Waals surface area contributed by atoms with E-state index in [-0.39, 0.29) is 11.8 Å². The molecule has 23 heavy (non-hydrogen) atoms. The van der Waals surface area contributed by atoms with E-state index >= 15 is 0 Å². The number of carbonyl (C=O) groups is 1. The molecule has 0 aromatic rings. The van der Waals surface area contributed by atoms with Crippen LogP contribution in [0.15, 0.2) is 58.1 Å². The maximum absolute atomic E-state index is 12.5. The van der Waals surface area contributed by atoms with E-state index < -0.39 is 0 Å². The minimum Gasteiger partial charge on any atom is -0.501 e. The fourth-order valence-corrected chi connectivity index (χ4v) is 3.64. The van der Waals surface area contributed by atoms with E-state index in [1.54, 1.807) is 14.2 Å². The molecule has 0 radical (unpaired) electrons. The number of nitrogens with one attached hydrogen (secondary N) is 1. The summed E-state index contributed by atoms with van der Waals surface area (Å²) in [6, 6.07) is 0. The first-order valence-electron chi connectivity index (χ1n) is 8.11. The molecule has 0 heterocycles. The van der Waals surface area contributed by atoms with E-state index in [2.05, 4.69) is 17.5 Å². The molecule has 0 spiro atoms. The van der Waals surface area contributed by atoms with Crippen molar-refractivity contribution in [3.63, 3.8) is 0 Å². The van der Waals surface area contributed by atoms with Crippen LogP contribution in [0.25, 0.3) is 0 Å². The fraction of sp³-hybridized carbons (Fsp3) is 0.421. The predicted octanol–water partition coefficient (Wildman–Crippen LogP) is 3.16. The SMILES string of the molecule is CCNC(=O)C1CCC2=C(OC)C=CC=C3C=C(OC)CC1=C32. The zero-order chi connectivity index (χ0) is 16.4.